The molecule has 2 aliphatic rings. The summed E-state index contributed by atoms with van der Waals surface area (Å²) in [5.74, 6) is 1.43. The van der Waals surface area contributed by atoms with Crippen LogP contribution in [-0.4, -0.2) is 19.8 Å². The number of imidazole rings is 1. The standard InChI is InChI=1S/C20H15N3S/c1-2-8-15(9-3-1)23-19-16(10-6-12-21-19)22-20(23)18-13-14-7-4-5-11-17(14)24-18/h1-14,17H. The summed E-state index contributed by atoms with van der Waals surface area (Å²) in [7, 11) is 0. The van der Waals surface area contributed by atoms with Crippen molar-refractivity contribution < 1.29 is 0 Å². The molecule has 0 N–H and O–H groups in total. The first kappa shape index (κ1) is 13.8. The molecule has 4 heteroatoms. The van der Waals surface area contributed by atoms with Crippen LogP contribution < -0.4 is 0 Å². The SMILES string of the molecule is C1=CC2C=C(c3nc4cccnc4n3-c3ccccc3)SC2C=C1. The Hall–Kier alpha value is -2.59. The van der Waals surface area contributed by atoms with Gasteiger partial charge in [0.05, 0.1) is 0 Å². The molecule has 3 heterocycles. The van der Waals surface area contributed by atoms with Crippen molar-refractivity contribution in [2.45, 2.75) is 5.25 Å². The van der Waals surface area contributed by atoms with Crippen molar-refractivity contribution in [2.24, 2.45) is 5.92 Å². The average Bonchev–Trinajstić information content (AvgIpc) is 3.23. The lowest BCUT2D eigenvalue weighted by Gasteiger charge is -2.13. The Balaban J connectivity index is 1.72. The molecule has 2 unspecified atom stereocenters. The molecule has 1 aliphatic carbocycles. The first-order valence-electron chi connectivity index (χ1n) is 8.03. The topological polar surface area (TPSA) is 30.7 Å². The number of hydrogen-bond donors (Lipinski definition) is 0. The van der Waals surface area contributed by atoms with Crippen molar-refractivity contribution >= 4 is 27.8 Å². The summed E-state index contributed by atoms with van der Waals surface area (Å²) in [6.45, 7) is 0. The van der Waals surface area contributed by atoms with Gasteiger partial charge in [0.2, 0.25) is 0 Å². The Morgan fingerprint density at radius 2 is 1.83 bits per heavy atom. The fourth-order valence-corrected chi connectivity index (χ4v) is 4.53. The van der Waals surface area contributed by atoms with Gasteiger partial charge in [-0.05, 0) is 24.3 Å². The number of fused-ring (bicyclic) bond motifs is 2. The minimum Gasteiger partial charge on any atom is -0.276 e. The van der Waals surface area contributed by atoms with E-state index in [1.807, 2.05) is 36.2 Å². The van der Waals surface area contributed by atoms with Crippen molar-refractivity contribution in [2.75, 3.05) is 0 Å². The van der Waals surface area contributed by atoms with Gasteiger partial charge in [-0.15, -0.1) is 11.8 Å². The molecule has 0 fully saturated rings. The van der Waals surface area contributed by atoms with Gasteiger partial charge < -0.3 is 0 Å². The lowest BCUT2D eigenvalue weighted by atomic mass is 10.0. The highest BCUT2D eigenvalue weighted by Gasteiger charge is 2.29. The fraction of sp³-hybridized carbons (Fsp3) is 0.100. The van der Waals surface area contributed by atoms with Crippen LogP contribution in [0, 0.1) is 5.92 Å². The lowest BCUT2D eigenvalue weighted by molar-refractivity contribution is 0.856. The van der Waals surface area contributed by atoms with Crippen LogP contribution in [0.15, 0.2) is 79.0 Å². The van der Waals surface area contributed by atoms with Crippen LogP contribution in [0.5, 0.6) is 0 Å². The summed E-state index contributed by atoms with van der Waals surface area (Å²) in [6.07, 6.45) is 12.9. The van der Waals surface area contributed by atoms with Gasteiger partial charge in [-0.3, -0.25) is 4.57 Å². The number of allylic oxidation sites excluding steroid dienone is 4. The molecule has 0 bridgehead atoms. The molecule has 24 heavy (non-hydrogen) atoms. The molecule has 0 spiro atoms. The van der Waals surface area contributed by atoms with Crippen LogP contribution in [-0.2, 0) is 0 Å². The van der Waals surface area contributed by atoms with E-state index in [9.17, 15) is 0 Å². The highest BCUT2D eigenvalue weighted by molar-refractivity contribution is 8.09. The molecule has 1 aromatic carbocycles. The molecule has 116 valence electrons. The minimum atomic E-state index is 0.451. The normalized spacial score (nSPS) is 21.9. The Bertz CT molecular complexity index is 998. The number of thioether (sulfide) groups is 1. The predicted octanol–water partition coefficient (Wildman–Crippen LogP) is 4.62. The zero-order chi connectivity index (χ0) is 15.9. The van der Waals surface area contributed by atoms with E-state index in [1.165, 1.54) is 4.91 Å². The summed E-state index contributed by atoms with van der Waals surface area (Å²) in [6, 6.07) is 14.3. The first-order chi connectivity index (χ1) is 11.9. The van der Waals surface area contributed by atoms with Crippen LogP contribution in [0.1, 0.15) is 5.82 Å². The van der Waals surface area contributed by atoms with Crippen molar-refractivity contribution in [3.63, 3.8) is 0 Å². The smallest absolute Gasteiger partial charge is 0.164 e. The Labute approximate surface area is 144 Å². The summed E-state index contributed by atoms with van der Waals surface area (Å²) in [4.78, 5) is 10.7. The third-order valence-electron chi connectivity index (χ3n) is 4.38. The monoisotopic (exact) mass is 329 g/mol. The Morgan fingerprint density at radius 1 is 0.958 bits per heavy atom. The maximum absolute atomic E-state index is 4.89. The van der Waals surface area contributed by atoms with Crippen LogP contribution in [0.3, 0.4) is 0 Å². The number of hydrogen-bond acceptors (Lipinski definition) is 3. The minimum absolute atomic E-state index is 0.451. The predicted molar refractivity (Wildman–Crippen MR) is 100.0 cm³/mol. The van der Waals surface area contributed by atoms with E-state index in [-0.39, 0.29) is 0 Å². The number of nitrogens with zero attached hydrogens (tertiary/aromatic N) is 3. The van der Waals surface area contributed by atoms with E-state index < -0.39 is 0 Å². The largest absolute Gasteiger partial charge is 0.276 e. The lowest BCUT2D eigenvalue weighted by Crippen LogP contribution is -2.07. The van der Waals surface area contributed by atoms with E-state index in [1.54, 1.807) is 0 Å². The molecule has 0 radical (unpaired) electrons. The third-order valence-corrected chi connectivity index (χ3v) is 5.70. The maximum atomic E-state index is 4.89. The van der Waals surface area contributed by atoms with Crippen molar-refractivity contribution in [3.05, 3.63) is 84.9 Å². The Kier molecular flexibility index (Phi) is 3.16. The van der Waals surface area contributed by atoms with E-state index in [0.717, 1.165) is 22.7 Å². The summed E-state index contributed by atoms with van der Waals surface area (Å²) >= 11 is 1.88. The van der Waals surface area contributed by atoms with Crippen LogP contribution in [0.4, 0.5) is 0 Å². The van der Waals surface area contributed by atoms with E-state index >= 15 is 0 Å². The number of rotatable bonds is 2. The van der Waals surface area contributed by atoms with E-state index in [0.29, 0.717) is 11.2 Å². The van der Waals surface area contributed by atoms with Crippen molar-refractivity contribution in [3.8, 4) is 5.69 Å². The second-order valence-electron chi connectivity index (χ2n) is 5.91. The number of para-hydroxylation sites is 1. The van der Waals surface area contributed by atoms with Gasteiger partial charge in [0.25, 0.3) is 0 Å². The van der Waals surface area contributed by atoms with Gasteiger partial charge in [0, 0.05) is 28.0 Å². The number of pyridine rings is 1. The summed E-state index contributed by atoms with van der Waals surface area (Å²) in [5.41, 5.74) is 2.93. The zero-order valence-electron chi connectivity index (χ0n) is 12.9. The third kappa shape index (κ3) is 2.14. The molecule has 3 nitrogen and oxygen atoms in total. The van der Waals surface area contributed by atoms with Crippen LogP contribution in [0.2, 0.25) is 0 Å². The molecule has 2 atom stereocenters. The molecule has 0 saturated heterocycles. The molecule has 1 aliphatic heterocycles. The van der Waals surface area contributed by atoms with Gasteiger partial charge in [-0.25, -0.2) is 9.97 Å². The average molecular weight is 329 g/mol. The van der Waals surface area contributed by atoms with Gasteiger partial charge in [-0.2, -0.15) is 0 Å². The molecule has 2 aromatic heterocycles. The number of aromatic nitrogens is 3. The van der Waals surface area contributed by atoms with Crippen LogP contribution >= 0.6 is 11.8 Å². The zero-order valence-corrected chi connectivity index (χ0v) is 13.7. The molecule has 5 rings (SSSR count). The molecular formula is C20H15N3S. The quantitative estimate of drug-likeness (QED) is 0.687. The molecule has 0 amide bonds. The van der Waals surface area contributed by atoms with E-state index in [2.05, 4.69) is 64.2 Å². The fourth-order valence-electron chi connectivity index (χ4n) is 3.26. The molecular weight excluding hydrogens is 314 g/mol. The second-order valence-corrected chi connectivity index (χ2v) is 7.13. The van der Waals surface area contributed by atoms with E-state index in [4.69, 9.17) is 4.98 Å². The van der Waals surface area contributed by atoms with Crippen LogP contribution in [0.25, 0.3) is 21.8 Å². The van der Waals surface area contributed by atoms with Gasteiger partial charge >= 0.3 is 0 Å². The highest BCUT2D eigenvalue weighted by atomic mass is 32.2. The van der Waals surface area contributed by atoms with Gasteiger partial charge in [0.1, 0.15) is 5.52 Å². The second kappa shape index (κ2) is 5.49. The van der Waals surface area contributed by atoms with Gasteiger partial charge in [-0.1, -0.05) is 48.6 Å². The van der Waals surface area contributed by atoms with Gasteiger partial charge in [0.15, 0.2) is 11.5 Å². The molecule has 0 saturated carbocycles. The molecule has 3 aromatic rings. The maximum Gasteiger partial charge on any atom is 0.164 e. The number of benzene rings is 1. The first-order valence-corrected chi connectivity index (χ1v) is 8.91. The highest BCUT2D eigenvalue weighted by Crippen LogP contribution is 2.45. The van der Waals surface area contributed by atoms with Crippen molar-refractivity contribution in [1.82, 2.24) is 14.5 Å². The Morgan fingerprint density at radius 3 is 2.71 bits per heavy atom. The van der Waals surface area contributed by atoms with Crippen molar-refractivity contribution in [1.29, 1.82) is 0 Å². The summed E-state index contributed by atoms with van der Waals surface area (Å²) < 4.78 is 2.17. The summed E-state index contributed by atoms with van der Waals surface area (Å²) in [5, 5.41) is 0.474.